The highest BCUT2D eigenvalue weighted by atomic mass is 35.5. The van der Waals surface area contributed by atoms with Gasteiger partial charge in [-0.05, 0) is 43.2 Å². The summed E-state index contributed by atoms with van der Waals surface area (Å²) in [6, 6.07) is 9.34. The third kappa shape index (κ3) is 2.92. The van der Waals surface area contributed by atoms with E-state index in [9.17, 15) is 4.79 Å². The van der Waals surface area contributed by atoms with Crippen LogP contribution in [-0.4, -0.2) is 20.4 Å². The van der Waals surface area contributed by atoms with Gasteiger partial charge in [0, 0.05) is 31.0 Å². The topological polar surface area (TPSA) is 59.8 Å². The van der Waals surface area contributed by atoms with Crippen molar-refractivity contribution in [1.29, 1.82) is 0 Å². The molecule has 0 bridgehead atoms. The molecule has 1 N–H and O–H groups in total. The number of imidazole rings is 1. The van der Waals surface area contributed by atoms with Gasteiger partial charge in [0.05, 0.1) is 16.6 Å². The van der Waals surface area contributed by atoms with Crippen LogP contribution in [-0.2, 0) is 7.05 Å². The number of aryl methyl sites for hydroxylation is 1. The molecule has 0 atom stereocenters. The number of rotatable bonds is 3. The van der Waals surface area contributed by atoms with Gasteiger partial charge < -0.3 is 9.88 Å². The quantitative estimate of drug-likeness (QED) is 0.800. The zero-order valence-electron chi connectivity index (χ0n) is 12.7. The fraction of sp³-hybridized carbons (Fsp3) is 0.235. The van der Waals surface area contributed by atoms with Crippen molar-refractivity contribution >= 4 is 35.0 Å². The van der Waals surface area contributed by atoms with Crippen molar-refractivity contribution in [3.63, 3.8) is 0 Å². The summed E-state index contributed by atoms with van der Waals surface area (Å²) in [6.45, 7) is 0. The number of carbonyl (C=O) groups is 1. The molecule has 1 saturated carbocycles. The van der Waals surface area contributed by atoms with E-state index in [0.717, 1.165) is 22.5 Å². The summed E-state index contributed by atoms with van der Waals surface area (Å²) < 4.78 is 2.15. The normalized spacial score (nSPS) is 13.6. The fourth-order valence-corrected chi connectivity index (χ4v) is 2.70. The maximum atomic E-state index is 12.2. The number of carbonyl (C=O) groups excluding carboxylic acids is 1. The van der Waals surface area contributed by atoms with E-state index < -0.39 is 0 Å². The van der Waals surface area contributed by atoms with Crippen molar-refractivity contribution in [2.75, 3.05) is 5.32 Å². The zero-order valence-corrected chi connectivity index (χ0v) is 13.5. The lowest BCUT2D eigenvalue weighted by Crippen LogP contribution is -2.11. The van der Waals surface area contributed by atoms with Gasteiger partial charge in [0.15, 0.2) is 0 Å². The van der Waals surface area contributed by atoms with Gasteiger partial charge >= 0.3 is 0 Å². The fourth-order valence-electron chi connectivity index (χ4n) is 2.70. The van der Waals surface area contributed by atoms with Gasteiger partial charge in [0.25, 0.3) is 5.91 Å². The molecule has 0 spiro atoms. The zero-order chi connectivity index (χ0) is 15.1. The lowest BCUT2D eigenvalue weighted by molar-refractivity contribution is 0.102. The van der Waals surface area contributed by atoms with Crippen molar-refractivity contribution < 1.29 is 4.79 Å². The largest absolute Gasteiger partial charge is 0.331 e. The molecule has 23 heavy (non-hydrogen) atoms. The van der Waals surface area contributed by atoms with E-state index in [0.29, 0.717) is 11.5 Å². The standard InChI is InChI=1S/C17H16N4O.ClH/c1-21-15-7-6-13(9-14(15)20-16(21)11-4-5-11)19-17(22)12-3-2-8-18-10-12;/h2-3,6-11H,4-5H2,1H3,(H,19,22);1H. The monoisotopic (exact) mass is 328 g/mol. The minimum atomic E-state index is -0.161. The van der Waals surface area contributed by atoms with E-state index in [1.54, 1.807) is 24.5 Å². The molecule has 1 aromatic carbocycles. The van der Waals surface area contributed by atoms with Crippen molar-refractivity contribution in [2.45, 2.75) is 18.8 Å². The lowest BCUT2D eigenvalue weighted by Gasteiger charge is -2.05. The highest BCUT2D eigenvalue weighted by molar-refractivity contribution is 6.04. The van der Waals surface area contributed by atoms with Crippen LogP contribution in [0.5, 0.6) is 0 Å². The second kappa shape index (κ2) is 6.01. The first-order valence-electron chi connectivity index (χ1n) is 7.40. The minimum Gasteiger partial charge on any atom is -0.331 e. The highest BCUT2D eigenvalue weighted by Gasteiger charge is 2.28. The summed E-state index contributed by atoms with van der Waals surface area (Å²) in [5.41, 5.74) is 3.32. The molecular weight excluding hydrogens is 312 g/mol. The third-order valence-corrected chi connectivity index (χ3v) is 4.04. The molecule has 4 rings (SSSR count). The smallest absolute Gasteiger partial charge is 0.257 e. The molecule has 2 aromatic heterocycles. The van der Waals surface area contributed by atoms with Crippen LogP contribution in [0.3, 0.4) is 0 Å². The molecule has 1 fully saturated rings. The first-order valence-corrected chi connectivity index (χ1v) is 7.40. The second-order valence-corrected chi connectivity index (χ2v) is 5.70. The molecule has 3 aromatic rings. The van der Waals surface area contributed by atoms with Gasteiger partial charge in [-0.3, -0.25) is 9.78 Å². The van der Waals surface area contributed by atoms with Crippen LogP contribution in [0.2, 0.25) is 0 Å². The Hall–Kier alpha value is -2.40. The number of amides is 1. The molecule has 5 nitrogen and oxygen atoms in total. The summed E-state index contributed by atoms with van der Waals surface area (Å²) in [5.74, 6) is 1.59. The van der Waals surface area contributed by atoms with Gasteiger partial charge in [-0.1, -0.05) is 0 Å². The molecule has 1 aliphatic carbocycles. The molecule has 0 radical (unpaired) electrons. The summed E-state index contributed by atoms with van der Waals surface area (Å²) in [5, 5.41) is 2.90. The Morgan fingerprint density at radius 3 is 2.83 bits per heavy atom. The predicted octanol–water partition coefficient (Wildman–Crippen LogP) is 3.52. The number of benzene rings is 1. The van der Waals surface area contributed by atoms with Crippen LogP contribution in [0.25, 0.3) is 11.0 Å². The number of nitrogens with one attached hydrogen (secondary N) is 1. The summed E-state index contributed by atoms with van der Waals surface area (Å²) >= 11 is 0. The van der Waals surface area contributed by atoms with E-state index in [1.165, 1.54) is 12.8 Å². The number of hydrogen-bond donors (Lipinski definition) is 1. The molecule has 0 unspecified atom stereocenters. The van der Waals surface area contributed by atoms with Crippen LogP contribution in [0.15, 0.2) is 42.7 Å². The Labute approximate surface area is 140 Å². The number of pyridine rings is 1. The highest BCUT2D eigenvalue weighted by Crippen LogP contribution is 2.40. The average Bonchev–Trinajstić information content (AvgIpc) is 3.33. The van der Waals surface area contributed by atoms with Crippen molar-refractivity contribution in [1.82, 2.24) is 14.5 Å². The van der Waals surface area contributed by atoms with Gasteiger partial charge in [-0.25, -0.2) is 4.98 Å². The molecule has 1 amide bonds. The number of nitrogens with zero attached hydrogens (tertiary/aromatic N) is 3. The molecule has 2 heterocycles. The number of halogens is 1. The number of hydrogen-bond acceptors (Lipinski definition) is 3. The maximum absolute atomic E-state index is 12.2. The van der Waals surface area contributed by atoms with Crippen LogP contribution < -0.4 is 5.32 Å². The molecule has 6 heteroatoms. The van der Waals surface area contributed by atoms with E-state index in [2.05, 4.69) is 21.9 Å². The Balaban J connectivity index is 0.00000156. The Morgan fingerprint density at radius 1 is 1.30 bits per heavy atom. The van der Waals surface area contributed by atoms with E-state index in [-0.39, 0.29) is 18.3 Å². The molecule has 1 aliphatic rings. The van der Waals surface area contributed by atoms with Crippen LogP contribution in [0, 0.1) is 0 Å². The number of anilines is 1. The Kier molecular flexibility index (Phi) is 4.05. The van der Waals surface area contributed by atoms with Crippen molar-refractivity contribution in [2.24, 2.45) is 7.05 Å². The lowest BCUT2D eigenvalue weighted by atomic mass is 10.2. The molecule has 0 saturated heterocycles. The van der Waals surface area contributed by atoms with Crippen molar-refractivity contribution in [3.8, 4) is 0 Å². The first-order chi connectivity index (χ1) is 10.7. The number of aromatic nitrogens is 3. The van der Waals surface area contributed by atoms with E-state index in [1.807, 2.05) is 18.2 Å². The van der Waals surface area contributed by atoms with Gasteiger partial charge in [-0.2, -0.15) is 0 Å². The van der Waals surface area contributed by atoms with E-state index in [4.69, 9.17) is 4.98 Å². The molecule has 118 valence electrons. The van der Waals surface area contributed by atoms with Gasteiger partial charge in [0.2, 0.25) is 0 Å². The van der Waals surface area contributed by atoms with Crippen LogP contribution in [0.4, 0.5) is 5.69 Å². The Morgan fingerprint density at radius 2 is 2.13 bits per heavy atom. The molecular formula is C17H17ClN4O. The van der Waals surface area contributed by atoms with E-state index >= 15 is 0 Å². The SMILES string of the molecule is Cl.Cn1c(C2CC2)nc2cc(NC(=O)c3cccnc3)ccc21. The average molecular weight is 329 g/mol. The maximum Gasteiger partial charge on any atom is 0.257 e. The minimum absolute atomic E-state index is 0. The molecule has 0 aliphatic heterocycles. The van der Waals surface area contributed by atoms with Crippen LogP contribution >= 0.6 is 12.4 Å². The summed E-state index contributed by atoms with van der Waals surface area (Å²) in [7, 11) is 2.05. The number of fused-ring (bicyclic) bond motifs is 1. The van der Waals surface area contributed by atoms with Gasteiger partial charge in [-0.15, -0.1) is 12.4 Å². The van der Waals surface area contributed by atoms with Crippen LogP contribution in [0.1, 0.15) is 34.9 Å². The van der Waals surface area contributed by atoms with Crippen molar-refractivity contribution in [3.05, 3.63) is 54.1 Å². The first kappa shape index (κ1) is 15.5. The predicted molar refractivity (Wildman–Crippen MR) is 92.1 cm³/mol. The second-order valence-electron chi connectivity index (χ2n) is 5.70. The third-order valence-electron chi connectivity index (χ3n) is 4.04. The Bertz CT molecular complexity index is 856. The summed E-state index contributed by atoms with van der Waals surface area (Å²) in [4.78, 5) is 20.8. The summed E-state index contributed by atoms with van der Waals surface area (Å²) in [6.07, 6.45) is 5.65. The van der Waals surface area contributed by atoms with Gasteiger partial charge in [0.1, 0.15) is 5.82 Å².